The van der Waals surface area contributed by atoms with Crippen LogP contribution >= 0.6 is 0 Å². The Balaban J connectivity index is 1.84. The molecule has 6 rings (SSSR count). The predicted octanol–water partition coefficient (Wildman–Crippen LogP) is 7.93. The summed E-state index contributed by atoms with van der Waals surface area (Å²) in [6.45, 7) is 4.67. The summed E-state index contributed by atoms with van der Waals surface area (Å²) >= 11 is 0. The maximum Gasteiger partial charge on any atom is 0.0720 e. The van der Waals surface area contributed by atoms with E-state index < -0.39 is 0 Å². The molecular formula is C31H31N3. The van der Waals surface area contributed by atoms with Crippen LogP contribution in [-0.4, -0.2) is 13.9 Å². The first-order valence-corrected chi connectivity index (χ1v) is 12.3. The van der Waals surface area contributed by atoms with E-state index in [-0.39, 0.29) is 0 Å². The first kappa shape index (κ1) is 20.9. The van der Waals surface area contributed by atoms with Crippen molar-refractivity contribution in [1.29, 1.82) is 0 Å². The number of aromatic nitrogens is 3. The average molecular weight is 446 g/mol. The molecule has 3 nitrogen and oxygen atoms in total. The number of benzene rings is 2. The fourth-order valence-electron chi connectivity index (χ4n) is 5.84. The second-order valence-corrected chi connectivity index (χ2v) is 9.58. The minimum absolute atomic E-state index is 0.307. The fourth-order valence-corrected chi connectivity index (χ4v) is 5.84. The van der Waals surface area contributed by atoms with Gasteiger partial charge < -0.3 is 4.57 Å². The van der Waals surface area contributed by atoms with Crippen molar-refractivity contribution < 1.29 is 0 Å². The van der Waals surface area contributed by atoms with Gasteiger partial charge in [0.05, 0.1) is 17.1 Å². The summed E-state index contributed by atoms with van der Waals surface area (Å²) in [6, 6.07) is 19.9. The molecule has 0 amide bonds. The monoisotopic (exact) mass is 445 g/mol. The molecule has 0 saturated heterocycles. The molecule has 2 aromatic heterocycles. The Morgan fingerprint density at radius 3 is 2.44 bits per heavy atom. The van der Waals surface area contributed by atoms with Gasteiger partial charge in [-0.3, -0.25) is 9.36 Å². The zero-order valence-electron chi connectivity index (χ0n) is 20.1. The third-order valence-corrected chi connectivity index (χ3v) is 7.38. The standard InChI is InChI=1S/C31H31N3/c1-22-13-12-19-26-23(2)31-28(21-32(3)34(30(22)26)25-16-8-5-9-17-25)27-18-10-11-20-29(27)33(31)24-14-6-4-7-15-24/h4-12,14-16,18-22,25H,13,17H2,1-3H3. The number of rotatable bonds is 2. The second kappa shape index (κ2) is 8.25. The van der Waals surface area contributed by atoms with Crippen LogP contribution in [0.5, 0.6) is 0 Å². The molecule has 2 aliphatic rings. The Bertz CT molecular complexity index is 1530. The number of fused-ring (bicyclic) bond motifs is 4. The number of aryl methyl sites for hydroxylation is 2. The zero-order chi connectivity index (χ0) is 23.2. The van der Waals surface area contributed by atoms with Gasteiger partial charge in [0.15, 0.2) is 0 Å². The molecule has 34 heavy (non-hydrogen) atoms. The van der Waals surface area contributed by atoms with Crippen molar-refractivity contribution in [3.63, 3.8) is 0 Å². The highest BCUT2D eigenvalue weighted by Gasteiger charge is 2.24. The van der Waals surface area contributed by atoms with Crippen LogP contribution in [0.25, 0.3) is 33.6 Å². The molecule has 170 valence electrons. The first-order valence-electron chi connectivity index (χ1n) is 12.3. The van der Waals surface area contributed by atoms with Crippen molar-refractivity contribution >= 4 is 27.9 Å². The van der Waals surface area contributed by atoms with Gasteiger partial charge in [-0.05, 0) is 43.5 Å². The summed E-state index contributed by atoms with van der Waals surface area (Å²) in [4.78, 5) is 0. The average Bonchev–Trinajstić information content (AvgIpc) is 3.19. The van der Waals surface area contributed by atoms with Gasteiger partial charge in [-0.25, -0.2) is 0 Å². The molecule has 4 aromatic rings. The smallest absolute Gasteiger partial charge is 0.0720 e. The van der Waals surface area contributed by atoms with Gasteiger partial charge >= 0.3 is 0 Å². The lowest BCUT2D eigenvalue weighted by Crippen LogP contribution is -2.24. The summed E-state index contributed by atoms with van der Waals surface area (Å²) in [5.74, 6) is 0.446. The van der Waals surface area contributed by atoms with Crippen molar-refractivity contribution in [2.45, 2.75) is 38.6 Å². The van der Waals surface area contributed by atoms with E-state index in [1.165, 1.54) is 44.3 Å². The first-order chi connectivity index (χ1) is 16.6. The van der Waals surface area contributed by atoms with Crippen molar-refractivity contribution in [2.24, 2.45) is 7.05 Å². The lowest BCUT2D eigenvalue weighted by atomic mass is 9.90. The minimum Gasteiger partial charge on any atom is -0.309 e. The summed E-state index contributed by atoms with van der Waals surface area (Å²) in [5.41, 5.74) is 7.82. The molecule has 2 atom stereocenters. The minimum atomic E-state index is 0.307. The molecule has 0 saturated carbocycles. The van der Waals surface area contributed by atoms with E-state index in [4.69, 9.17) is 0 Å². The third-order valence-electron chi connectivity index (χ3n) is 7.38. The lowest BCUT2D eigenvalue weighted by Gasteiger charge is -2.31. The van der Waals surface area contributed by atoms with Gasteiger partial charge in [0, 0.05) is 46.9 Å². The molecule has 2 heterocycles. The van der Waals surface area contributed by atoms with E-state index in [0.717, 1.165) is 12.8 Å². The van der Waals surface area contributed by atoms with Gasteiger partial charge in [-0.2, -0.15) is 0 Å². The summed E-state index contributed by atoms with van der Waals surface area (Å²) in [6.07, 6.45) is 18.1. The molecule has 2 aromatic carbocycles. The van der Waals surface area contributed by atoms with Gasteiger partial charge in [-0.1, -0.05) is 79.8 Å². The van der Waals surface area contributed by atoms with Gasteiger partial charge in [-0.15, -0.1) is 0 Å². The molecule has 0 fully saturated rings. The molecule has 0 radical (unpaired) electrons. The van der Waals surface area contributed by atoms with E-state index in [1.54, 1.807) is 0 Å². The Morgan fingerprint density at radius 2 is 1.65 bits per heavy atom. The van der Waals surface area contributed by atoms with Crippen LogP contribution in [0.1, 0.15) is 48.5 Å². The van der Waals surface area contributed by atoms with Gasteiger partial charge in [0.2, 0.25) is 0 Å². The van der Waals surface area contributed by atoms with Crippen LogP contribution in [0.4, 0.5) is 0 Å². The fraction of sp³-hybridized carbons (Fsp3) is 0.226. The summed E-state index contributed by atoms with van der Waals surface area (Å²) in [5, 5.41) is 2.56. The number of allylic oxidation sites excluding steroid dienone is 5. The van der Waals surface area contributed by atoms with Crippen LogP contribution in [-0.2, 0) is 7.05 Å². The Hall–Kier alpha value is -3.72. The van der Waals surface area contributed by atoms with Crippen LogP contribution in [0.2, 0.25) is 0 Å². The van der Waals surface area contributed by atoms with E-state index >= 15 is 0 Å². The molecule has 0 spiro atoms. The third kappa shape index (κ3) is 3.19. The van der Waals surface area contributed by atoms with Crippen molar-refractivity contribution in [3.05, 3.63) is 108 Å². The van der Waals surface area contributed by atoms with Crippen LogP contribution in [0, 0.1) is 6.92 Å². The van der Waals surface area contributed by atoms with E-state index in [9.17, 15) is 0 Å². The van der Waals surface area contributed by atoms with Crippen molar-refractivity contribution in [1.82, 2.24) is 13.9 Å². The van der Waals surface area contributed by atoms with Crippen LogP contribution in [0.3, 0.4) is 0 Å². The van der Waals surface area contributed by atoms with E-state index in [0.29, 0.717) is 12.0 Å². The maximum absolute atomic E-state index is 2.53. The lowest BCUT2D eigenvalue weighted by molar-refractivity contribution is 0.415. The number of nitrogens with zero attached hydrogens (tertiary/aromatic N) is 3. The Labute approximate surface area is 201 Å². The van der Waals surface area contributed by atoms with Gasteiger partial charge in [0.1, 0.15) is 0 Å². The summed E-state index contributed by atoms with van der Waals surface area (Å²) < 4.78 is 7.32. The van der Waals surface area contributed by atoms with Crippen molar-refractivity contribution in [2.75, 3.05) is 0 Å². The molecule has 0 bridgehead atoms. The zero-order valence-corrected chi connectivity index (χ0v) is 20.1. The Kier molecular flexibility index (Phi) is 5.06. The predicted molar refractivity (Wildman–Crippen MR) is 144 cm³/mol. The van der Waals surface area contributed by atoms with Gasteiger partial charge in [0.25, 0.3) is 0 Å². The maximum atomic E-state index is 2.53. The van der Waals surface area contributed by atoms with E-state index in [1.807, 2.05) is 0 Å². The highest BCUT2D eigenvalue weighted by atomic mass is 15.4. The number of hydrogen-bond acceptors (Lipinski definition) is 0. The molecule has 0 N–H and O–H groups in total. The highest BCUT2D eigenvalue weighted by Crippen LogP contribution is 2.39. The molecular weight excluding hydrogens is 414 g/mol. The molecule has 2 unspecified atom stereocenters. The molecule has 2 aliphatic carbocycles. The molecule has 3 heteroatoms. The van der Waals surface area contributed by atoms with Crippen molar-refractivity contribution in [3.8, 4) is 5.69 Å². The number of para-hydroxylation sites is 2. The molecule has 0 aliphatic heterocycles. The normalized spacial score (nSPS) is 19.0. The Morgan fingerprint density at radius 1 is 0.853 bits per heavy atom. The van der Waals surface area contributed by atoms with E-state index in [2.05, 4.69) is 132 Å². The topological polar surface area (TPSA) is 14.8 Å². The van der Waals surface area contributed by atoms with Crippen LogP contribution < -0.4 is 0 Å². The largest absolute Gasteiger partial charge is 0.309 e. The summed E-state index contributed by atoms with van der Waals surface area (Å²) in [7, 11) is 2.21. The SMILES string of the molecule is Cc1c2c(n(C3C=CC=CC3)n(C)cc3c4ccccc4n(-c4ccccc4)c13)C(C)CC=C2. The van der Waals surface area contributed by atoms with Crippen LogP contribution in [0.15, 0.2) is 91.2 Å². The number of hydrogen-bond donors (Lipinski definition) is 0. The quantitative estimate of drug-likeness (QED) is 0.297. The highest BCUT2D eigenvalue weighted by molar-refractivity contribution is 6.10. The second-order valence-electron chi connectivity index (χ2n) is 9.58.